The van der Waals surface area contributed by atoms with Gasteiger partial charge in [-0.05, 0) is 34.8 Å². The minimum absolute atomic E-state index is 0.141. The van der Waals surface area contributed by atoms with Gasteiger partial charge in [-0.25, -0.2) is 0 Å². The Morgan fingerprint density at radius 1 is 1.40 bits per heavy atom. The molecular weight excluding hydrogens is 324 g/mol. The number of hydrogen-bond acceptors (Lipinski definition) is 4. The summed E-state index contributed by atoms with van der Waals surface area (Å²) < 4.78 is 5.39. The van der Waals surface area contributed by atoms with Crippen LogP contribution in [-0.2, 0) is 0 Å². The van der Waals surface area contributed by atoms with Crippen LogP contribution in [0, 0.1) is 0 Å². The van der Waals surface area contributed by atoms with Crippen LogP contribution in [-0.4, -0.2) is 36.1 Å². The number of carbonyl (C=O) groups excluding carboxylic acids is 1. The number of aromatic hydroxyl groups is 1. The fourth-order valence-electron chi connectivity index (χ4n) is 2.04. The van der Waals surface area contributed by atoms with Crippen LogP contribution < -0.4 is 10.5 Å². The number of ether oxygens (including phenoxy) is 1. The monoisotopic (exact) mass is 344 g/mol. The minimum Gasteiger partial charge on any atom is -0.506 e. The van der Waals surface area contributed by atoms with Crippen molar-refractivity contribution >= 4 is 27.5 Å². The molecule has 0 unspecified atom stereocenters. The zero-order valence-corrected chi connectivity index (χ0v) is 13.7. The highest BCUT2D eigenvalue weighted by molar-refractivity contribution is 9.10. The highest BCUT2D eigenvalue weighted by Gasteiger charge is 2.23. The Morgan fingerprint density at radius 2 is 1.95 bits per heavy atom. The van der Waals surface area contributed by atoms with E-state index in [1.807, 2.05) is 13.8 Å². The second-order valence-electron chi connectivity index (χ2n) is 4.50. The van der Waals surface area contributed by atoms with E-state index < -0.39 is 0 Å². The standard InChI is InChI=1S/C14H21BrN2O3/c1-4-6-17(7-5-2)14(19)9-8-10(16)13(20-3)11(15)12(9)18/h8,18H,4-7,16H2,1-3H3. The van der Waals surface area contributed by atoms with E-state index in [-0.39, 0.29) is 17.2 Å². The van der Waals surface area contributed by atoms with Crippen LogP contribution in [0.25, 0.3) is 0 Å². The molecule has 0 aliphatic heterocycles. The van der Waals surface area contributed by atoms with Crippen molar-refractivity contribution < 1.29 is 14.6 Å². The van der Waals surface area contributed by atoms with Crippen molar-refractivity contribution in [2.75, 3.05) is 25.9 Å². The molecule has 0 spiro atoms. The zero-order valence-electron chi connectivity index (χ0n) is 12.1. The van der Waals surface area contributed by atoms with Crippen molar-refractivity contribution in [3.05, 3.63) is 16.1 Å². The number of methoxy groups -OCH3 is 1. The van der Waals surface area contributed by atoms with Gasteiger partial charge in [0, 0.05) is 13.1 Å². The van der Waals surface area contributed by atoms with Gasteiger partial charge in [0.25, 0.3) is 5.91 Å². The summed E-state index contributed by atoms with van der Waals surface area (Å²) in [5.74, 6) is -0.0314. The van der Waals surface area contributed by atoms with Gasteiger partial charge >= 0.3 is 0 Å². The van der Waals surface area contributed by atoms with Gasteiger partial charge in [-0.2, -0.15) is 0 Å². The molecule has 5 nitrogen and oxygen atoms in total. The van der Waals surface area contributed by atoms with Gasteiger partial charge in [0.2, 0.25) is 0 Å². The molecule has 0 aliphatic carbocycles. The number of carbonyl (C=O) groups is 1. The fraction of sp³-hybridized carbons (Fsp3) is 0.500. The predicted octanol–water partition coefficient (Wildman–Crippen LogP) is 3.01. The van der Waals surface area contributed by atoms with Crippen LogP contribution in [0.15, 0.2) is 10.5 Å². The second-order valence-corrected chi connectivity index (χ2v) is 5.29. The average Bonchev–Trinajstić information content (AvgIpc) is 2.42. The molecule has 0 radical (unpaired) electrons. The van der Waals surface area contributed by atoms with Crippen molar-refractivity contribution in [2.24, 2.45) is 0 Å². The maximum atomic E-state index is 12.5. The quantitative estimate of drug-likeness (QED) is 0.614. The summed E-state index contributed by atoms with van der Waals surface area (Å²) in [7, 11) is 1.46. The van der Waals surface area contributed by atoms with Crippen LogP contribution in [0.4, 0.5) is 5.69 Å². The lowest BCUT2D eigenvalue weighted by Gasteiger charge is -2.23. The highest BCUT2D eigenvalue weighted by atomic mass is 79.9. The van der Waals surface area contributed by atoms with E-state index in [0.29, 0.717) is 29.0 Å². The first kappa shape index (κ1) is 16.6. The van der Waals surface area contributed by atoms with E-state index in [4.69, 9.17) is 10.5 Å². The van der Waals surface area contributed by atoms with Crippen LogP contribution >= 0.6 is 15.9 Å². The van der Waals surface area contributed by atoms with E-state index in [1.54, 1.807) is 4.90 Å². The van der Waals surface area contributed by atoms with Crippen LogP contribution in [0.3, 0.4) is 0 Å². The van der Waals surface area contributed by atoms with E-state index >= 15 is 0 Å². The topological polar surface area (TPSA) is 75.8 Å². The lowest BCUT2D eigenvalue weighted by Crippen LogP contribution is -2.32. The van der Waals surface area contributed by atoms with Gasteiger partial charge < -0.3 is 20.5 Å². The van der Waals surface area contributed by atoms with Gasteiger partial charge in [-0.15, -0.1) is 0 Å². The van der Waals surface area contributed by atoms with Crippen molar-refractivity contribution in [3.8, 4) is 11.5 Å². The Morgan fingerprint density at radius 3 is 2.40 bits per heavy atom. The smallest absolute Gasteiger partial charge is 0.257 e. The summed E-state index contributed by atoms with van der Waals surface area (Å²) in [6, 6.07) is 1.46. The molecule has 0 heterocycles. The number of phenolic OH excluding ortho intramolecular Hbond substituents is 1. The third kappa shape index (κ3) is 3.36. The Hall–Kier alpha value is -1.43. The summed E-state index contributed by atoms with van der Waals surface area (Å²) in [5.41, 5.74) is 6.36. The maximum absolute atomic E-state index is 12.5. The summed E-state index contributed by atoms with van der Waals surface area (Å²) in [4.78, 5) is 14.2. The van der Waals surface area contributed by atoms with Gasteiger partial charge in [-0.1, -0.05) is 13.8 Å². The first-order chi connectivity index (χ1) is 9.47. The zero-order chi connectivity index (χ0) is 15.3. The molecule has 1 amide bonds. The lowest BCUT2D eigenvalue weighted by atomic mass is 10.1. The van der Waals surface area contributed by atoms with Gasteiger partial charge in [0.15, 0.2) is 5.75 Å². The van der Waals surface area contributed by atoms with E-state index in [1.165, 1.54) is 13.2 Å². The first-order valence-electron chi connectivity index (χ1n) is 6.62. The molecule has 0 aliphatic rings. The van der Waals surface area contributed by atoms with Crippen LogP contribution in [0.5, 0.6) is 11.5 Å². The number of rotatable bonds is 6. The summed E-state index contributed by atoms with van der Waals surface area (Å²) in [5, 5.41) is 10.2. The number of nitrogen functional groups attached to an aromatic ring is 1. The molecule has 0 atom stereocenters. The molecule has 1 aromatic carbocycles. The number of hydrogen-bond donors (Lipinski definition) is 2. The van der Waals surface area contributed by atoms with E-state index in [2.05, 4.69) is 15.9 Å². The average molecular weight is 345 g/mol. The Labute approximate surface area is 127 Å². The molecule has 0 fully saturated rings. The Kier molecular flexibility index (Phi) is 6.13. The summed E-state index contributed by atoms with van der Waals surface area (Å²) in [6.07, 6.45) is 1.72. The SMILES string of the molecule is CCCN(CCC)C(=O)c1cc(N)c(OC)c(Br)c1O. The van der Waals surface area contributed by atoms with Crippen molar-refractivity contribution in [3.63, 3.8) is 0 Å². The van der Waals surface area contributed by atoms with E-state index in [0.717, 1.165) is 12.8 Å². The van der Waals surface area contributed by atoms with Gasteiger partial charge in [0.05, 0.1) is 18.4 Å². The number of benzene rings is 1. The first-order valence-corrected chi connectivity index (χ1v) is 7.41. The minimum atomic E-state index is -0.221. The molecule has 0 aromatic heterocycles. The predicted molar refractivity (Wildman–Crippen MR) is 83.3 cm³/mol. The molecule has 1 rings (SSSR count). The van der Waals surface area contributed by atoms with Crippen LogP contribution in [0.1, 0.15) is 37.0 Å². The van der Waals surface area contributed by atoms with Crippen molar-refractivity contribution in [1.82, 2.24) is 4.90 Å². The number of nitrogens with two attached hydrogens (primary N) is 1. The molecule has 1 aromatic rings. The van der Waals surface area contributed by atoms with Gasteiger partial charge in [0.1, 0.15) is 10.2 Å². The molecule has 6 heteroatoms. The molecular formula is C14H21BrN2O3. The number of amides is 1. The van der Waals surface area contributed by atoms with E-state index in [9.17, 15) is 9.90 Å². The Bertz CT molecular complexity index is 486. The third-order valence-electron chi connectivity index (χ3n) is 2.93. The van der Waals surface area contributed by atoms with Crippen molar-refractivity contribution in [1.29, 1.82) is 0 Å². The largest absolute Gasteiger partial charge is 0.506 e. The number of phenols is 1. The normalized spacial score (nSPS) is 10.4. The molecule has 0 saturated carbocycles. The third-order valence-corrected chi connectivity index (χ3v) is 3.67. The molecule has 0 bridgehead atoms. The molecule has 20 heavy (non-hydrogen) atoms. The summed E-state index contributed by atoms with van der Waals surface area (Å²) in [6.45, 7) is 5.31. The number of halogens is 1. The van der Waals surface area contributed by atoms with Crippen molar-refractivity contribution in [2.45, 2.75) is 26.7 Å². The molecule has 3 N–H and O–H groups in total. The fourth-order valence-corrected chi connectivity index (χ4v) is 2.64. The molecule has 0 saturated heterocycles. The maximum Gasteiger partial charge on any atom is 0.257 e. The van der Waals surface area contributed by atoms with Gasteiger partial charge in [-0.3, -0.25) is 4.79 Å². The number of anilines is 1. The highest BCUT2D eigenvalue weighted by Crippen LogP contribution is 2.41. The molecule has 112 valence electrons. The number of nitrogens with zero attached hydrogens (tertiary/aromatic N) is 1. The lowest BCUT2D eigenvalue weighted by molar-refractivity contribution is 0.0752. The Balaban J connectivity index is 3.21. The summed E-state index contributed by atoms with van der Waals surface area (Å²) >= 11 is 3.21. The van der Waals surface area contributed by atoms with Crippen LogP contribution in [0.2, 0.25) is 0 Å². The second kappa shape index (κ2) is 7.38.